The lowest BCUT2D eigenvalue weighted by Crippen LogP contribution is -2.32. The van der Waals surface area contributed by atoms with E-state index < -0.39 is 5.97 Å². The molecule has 1 fully saturated rings. The topological polar surface area (TPSA) is 40.5 Å². The summed E-state index contributed by atoms with van der Waals surface area (Å²) in [7, 11) is 0. The first kappa shape index (κ1) is 7.54. The highest BCUT2D eigenvalue weighted by Gasteiger charge is 2.21. The van der Waals surface area contributed by atoms with Crippen LogP contribution >= 0.6 is 0 Å². The van der Waals surface area contributed by atoms with E-state index in [9.17, 15) is 4.79 Å². The summed E-state index contributed by atoms with van der Waals surface area (Å²) >= 11 is 0. The Hall–Kier alpha value is -0.570. The molecule has 1 saturated heterocycles. The molecule has 0 saturated carbocycles. The molecule has 0 spiro atoms. The van der Waals surface area contributed by atoms with Crippen molar-refractivity contribution in [1.29, 1.82) is 0 Å². The lowest BCUT2D eigenvalue weighted by atomic mass is 10.2. The molecule has 0 aliphatic carbocycles. The molecule has 1 atom stereocenters. The van der Waals surface area contributed by atoms with Crippen molar-refractivity contribution >= 4 is 5.97 Å². The van der Waals surface area contributed by atoms with E-state index in [1.165, 1.54) is 0 Å². The molecule has 1 aliphatic heterocycles. The fraction of sp³-hybridized carbons (Fsp3) is 0.857. The standard InChI is InChI=1S/C7H13NO2/c1-6-3-2-4-8(6)5-7(9)10/h6H,2-5H2,1H3,(H,9,10). The van der Waals surface area contributed by atoms with E-state index in [0.717, 1.165) is 19.4 Å². The van der Waals surface area contributed by atoms with Gasteiger partial charge in [0.05, 0.1) is 6.54 Å². The smallest absolute Gasteiger partial charge is 0.317 e. The van der Waals surface area contributed by atoms with Crippen LogP contribution in [0, 0.1) is 0 Å². The molecular weight excluding hydrogens is 130 g/mol. The lowest BCUT2D eigenvalue weighted by Gasteiger charge is -2.17. The van der Waals surface area contributed by atoms with Crippen molar-refractivity contribution in [3.63, 3.8) is 0 Å². The zero-order valence-electron chi connectivity index (χ0n) is 6.21. The number of hydrogen-bond acceptors (Lipinski definition) is 2. The van der Waals surface area contributed by atoms with Crippen molar-refractivity contribution in [3.8, 4) is 0 Å². The lowest BCUT2D eigenvalue weighted by molar-refractivity contribution is -0.138. The highest BCUT2D eigenvalue weighted by atomic mass is 16.4. The summed E-state index contributed by atoms with van der Waals surface area (Å²) in [4.78, 5) is 12.3. The van der Waals surface area contributed by atoms with Gasteiger partial charge in [-0.15, -0.1) is 0 Å². The largest absolute Gasteiger partial charge is 0.480 e. The number of carboxylic acid groups (broad SMARTS) is 1. The summed E-state index contributed by atoms with van der Waals surface area (Å²) in [5, 5.41) is 8.45. The van der Waals surface area contributed by atoms with Crippen LogP contribution in [0.5, 0.6) is 0 Å². The summed E-state index contributed by atoms with van der Waals surface area (Å²) in [5.74, 6) is -0.714. The molecule has 58 valence electrons. The highest BCUT2D eigenvalue weighted by molar-refractivity contribution is 5.69. The van der Waals surface area contributed by atoms with Gasteiger partial charge in [0.25, 0.3) is 0 Å². The molecule has 1 rings (SSSR count). The Morgan fingerprint density at radius 1 is 1.80 bits per heavy atom. The highest BCUT2D eigenvalue weighted by Crippen LogP contribution is 2.14. The first-order valence-corrected chi connectivity index (χ1v) is 3.66. The Labute approximate surface area is 60.6 Å². The van der Waals surface area contributed by atoms with E-state index in [1.807, 2.05) is 4.90 Å². The molecule has 0 aromatic carbocycles. The van der Waals surface area contributed by atoms with Gasteiger partial charge in [0.2, 0.25) is 0 Å². The predicted molar refractivity (Wildman–Crippen MR) is 37.9 cm³/mol. The van der Waals surface area contributed by atoms with Gasteiger partial charge < -0.3 is 5.11 Å². The summed E-state index contributed by atoms with van der Waals surface area (Å²) in [5.41, 5.74) is 0. The Balaban J connectivity index is 2.33. The van der Waals surface area contributed by atoms with E-state index in [2.05, 4.69) is 6.92 Å². The van der Waals surface area contributed by atoms with E-state index in [-0.39, 0.29) is 6.54 Å². The van der Waals surface area contributed by atoms with E-state index in [4.69, 9.17) is 5.11 Å². The fourth-order valence-corrected chi connectivity index (χ4v) is 1.40. The van der Waals surface area contributed by atoms with Crippen LogP contribution in [0.1, 0.15) is 19.8 Å². The van der Waals surface area contributed by atoms with Gasteiger partial charge in [-0.1, -0.05) is 0 Å². The van der Waals surface area contributed by atoms with E-state index >= 15 is 0 Å². The van der Waals surface area contributed by atoms with Crippen molar-refractivity contribution in [2.45, 2.75) is 25.8 Å². The maximum Gasteiger partial charge on any atom is 0.317 e. The molecule has 1 unspecified atom stereocenters. The van der Waals surface area contributed by atoms with E-state index in [0.29, 0.717) is 6.04 Å². The van der Waals surface area contributed by atoms with Gasteiger partial charge in [0.1, 0.15) is 0 Å². The number of carbonyl (C=O) groups is 1. The molecule has 1 N–H and O–H groups in total. The zero-order chi connectivity index (χ0) is 7.56. The third-order valence-corrected chi connectivity index (χ3v) is 2.03. The van der Waals surface area contributed by atoms with Crippen molar-refractivity contribution in [1.82, 2.24) is 4.90 Å². The maximum absolute atomic E-state index is 10.3. The number of hydrogen-bond donors (Lipinski definition) is 1. The molecule has 0 aromatic rings. The molecule has 3 nitrogen and oxygen atoms in total. The number of nitrogens with zero attached hydrogens (tertiary/aromatic N) is 1. The quantitative estimate of drug-likeness (QED) is 0.614. The first-order chi connectivity index (χ1) is 4.70. The normalized spacial score (nSPS) is 27.1. The van der Waals surface area contributed by atoms with Gasteiger partial charge in [-0.05, 0) is 26.3 Å². The van der Waals surface area contributed by atoms with Crippen LogP contribution in [-0.4, -0.2) is 35.1 Å². The Kier molecular flexibility index (Phi) is 2.27. The molecule has 10 heavy (non-hydrogen) atoms. The second-order valence-corrected chi connectivity index (χ2v) is 2.86. The summed E-state index contributed by atoms with van der Waals surface area (Å²) in [6.45, 7) is 3.24. The Bertz CT molecular complexity index is 136. The molecule has 1 heterocycles. The Morgan fingerprint density at radius 2 is 2.50 bits per heavy atom. The minimum Gasteiger partial charge on any atom is -0.480 e. The van der Waals surface area contributed by atoms with Crippen LogP contribution in [-0.2, 0) is 4.79 Å². The van der Waals surface area contributed by atoms with Gasteiger partial charge in [-0.3, -0.25) is 9.69 Å². The average Bonchev–Trinajstić information content (AvgIpc) is 2.15. The molecule has 3 heteroatoms. The zero-order valence-corrected chi connectivity index (χ0v) is 6.21. The van der Waals surface area contributed by atoms with Crippen molar-refractivity contribution < 1.29 is 9.90 Å². The fourth-order valence-electron chi connectivity index (χ4n) is 1.40. The second-order valence-electron chi connectivity index (χ2n) is 2.86. The van der Waals surface area contributed by atoms with E-state index in [1.54, 1.807) is 0 Å². The molecule has 1 aliphatic rings. The monoisotopic (exact) mass is 143 g/mol. The second kappa shape index (κ2) is 3.01. The minimum absolute atomic E-state index is 0.209. The van der Waals surface area contributed by atoms with Crippen LogP contribution in [0.15, 0.2) is 0 Å². The molecule has 0 radical (unpaired) electrons. The summed E-state index contributed by atoms with van der Waals surface area (Å²) < 4.78 is 0. The third-order valence-electron chi connectivity index (χ3n) is 2.03. The average molecular weight is 143 g/mol. The van der Waals surface area contributed by atoms with Crippen molar-refractivity contribution in [2.24, 2.45) is 0 Å². The predicted octanol–water partition coefficient (Wildman–Crippen LogP) is 0.555. The van der Waals surface area contributed by atoms with Crippen LogP contribution in [0.4, 0.5) is 0 Å². The number of carboxylic acids is 1. The van der Waals surface area contributed by atoms with Crippen LogP contribution in [0.2, 0.25) is 0 Å². The minimum atomic E-state index is -0.714. The third kappa shape index (κ3) is 1.70. The summed E-state index contributed by atoms with van der Waals surface area (Å²) in [6, 6.07) is 0.469. The van der Waals surface area contributed by atoms with Crippen molar-refractivity contribution in [3.05, 3.63) is 0 Å². The number of aliphatic carboxylic acids is 1. The van der Waals surface area contributed by atoms with Gasteiger partial charge in [-0.25, -0.2) is 0 Å². The molecule has 0 amide bonds. The SMILES string of the molecule is CC1CCCN1CC(=O)O. The van der Waals surface area contributed by atoms with Gasteiger partial charge in [0.15, 0.2) is 0 Å². The number of rotatable bonds is 2. The van der Waals surface area contributed by atoms with Gasteiger partial charge in [-0.2, -0.15) is 0 Å². The van der Waals surface area contributed by atoms with Crippen LogP contribution in [0.25, 0.3) is 0 Å². The van der Waals surface area contributed by atoms with Gasteiger partial charge >= 0.3 is 5.97 Å². The molecule has 0 aromatic heterocycles. The molecular formula is C7H13NO2. The van der Waals surface area contributed by atoms with Crippen LogP contribution < -0.4 is 0 Å². The van der Waals surface area contributed by atoms with Gasteiger partial charge in [0, 0.05) is 6.04 Å². The van der Waals surface area contributed by atoms with Crippen molar-refractivity contribution in [2.75, 3.05) is 13.1 Å². The first-order valence-electron chi connectivity index (χ1n) is 3.66. The number of likely N-dealkylation sites (tertiary alicyclic amines) is 1. The summed E-state index contributed by atoms with van der Waals surface area (Å²) in [6.07, 6.45) is 2.29. The Morgan fingerprint density at radius 3 is 2.90 bits per heavy atom. The molecule has 0 bridgehead atoms. The van der Waals surface area contributed by atoms with Crippen LogP contribution in [0.3, 0.4) is 0 Å². The maximum atomic E-state index is 10.3.